The molecule has 0 aromatic heterocycles. The topological polar surface area (TPSA) is 52.6 Å². The Bertz CT molecular complexity index is 593. The molecule has 8 aliphatic carbocycles. The zero-order valence-electron chi connectivity index (χ0n) is 12.8. The van der Waals surface area contributed by atoms with E-state index >= 15 is 0 Å². The van der Waals surface area contributed by atoms with E-state index in [9.17, 15) is 9.59 Å². The van der Waals surface area contributed by atoms with Crippen LogP contribution in [0.4, 0.5) is 0 Å². The van der Waals surface area contributed by atoms with Crippen molar-refractivity contribution < 1.29 is 19.1 Å². The normalized spacial score (nSPS) is 71.5. The molecule has 0 saturated heterocycles. The van der Waals surface area contributed by atoms with Gasteiger partial charge in [-0.25, -0.2) is 0 Å². The lowest BCUT2D eigenvalue weighted by atomic mass is 9.50. The fourth-order valence-electron chi connectivity index (χ4n) is 10.0. The summed E-state index contributed by atoms with van der Waals surface area (Å²) in [6.07, 6.45) is 2.48. The molecule has 8 saturated carbocycles. The lowest BCUT2D eigenvalue weighted by Crippen LogP contribution is -2.61. The first kappa shape index (κ1) is 11.5. The van der Waals surface area contributed by atoms with E-state index in [0.29, 0.717) is 59.2 Å². The van der Waals surface area contributed by atoms with Gasteiger partial charge in [-0.15, -0.1) is 0 Å². The molecule has 22 heavy (non-hydrogen) atoms. The lowest BCUT2D eigenvalue weighted by Gasteiger charge is -2.51. The maximum absolute atomic E-state index is 13.1. The van der Waals surface area contributed by atoms with Gasteiger partial charge in [-0.1, -0.05) is 0 Å². The van der Waals surface area contributed by atoms with Crippen LogP contribution in [0.5, 0.6) is 0 Å². The minimum Gasteiger partial charge on any atom is -0.469 e. The molecule has 0 amide bonds. The Morgan fingerprint density at radius 3 is 1.32 bits per heavy atom. The summed E-state index contributed by atoms with van der Waals surface area (Å²) in [4.78, 5) is 26.3. The van der Waals surface area contributed by atoms with Crippen molar-refractivity contribution in [2.24, 2.45) is 70.0 Å². The van der Waals surface area contributed by atoms with Crippen LogP contribution in [0.1, 0.15) is 12.8 Å². The van der Waals surface area contributed by atoms with Gasteiger partial charge in [0.15, 0.2) is 0 Å². The first-order valence-electron chi connectivity index (χ1n) is 8.84. The third kappa shape index (κ3) is 0.662. The minimum absolute atomic E-state index is 0.0684. The Morgan fingerprint density at radius 2 is 1.05 bits per heavy atom. The summed E-state index contributed by atoms with van der Waals surface area (Å²) in [5, 5.41) is 0. The quantitative estimate of drug-likeness (QED) is 0.722. The van der Waals surface area contributed by atoms with Crippen LogP contribution < -0.4 is 0 Å². The molecule has 0 N–H and O–H groups in total. The average Bonchev–Trinajstić information content (AvgIpc) is 3.32. The molecule has 0 radical (unpaired) electrons. The van der Waals surface area contributed by atoms with Crippen LogP contribution in [0.2, 0.25) is 0 Å². The third-order valence-electron chi connectivity index (χ3n) is 9.56. The first-order valence-corrected chi connectivity index (χ1v) is 8.84. The van der Waals surface area contributed by atoms with Crippen molar-refractivity contribution in [2.75, 3.05) is 14.2 Å². The SMILES string of the molecule is COC(=O)C12C3C4CC4C4C3C3C1C1CC1C3C42C(=O)OC. The van der Waals surface area contributed by atoms with Gasteiger partial charge in [0.1, 0.15) is 0 Å². The van der Waals surface area contributed by atoms with E-state index in [1.54, 1.807) is 0 Å². The number of hydrogen-bond donors (Lipinski definition) is 0. The van der Waals surface area contributed by atoms with E-state index < -0.39 is 10.8 Å². The fraction of sp³-hybridized carbons (Fsp3) is 0.889. The number of esters is 2. The van der Waals surface area contributed by atoms with Crippen LogP contribution in [0.25, 0.3) is 0 Å². The summed E-state index contributed by atoms with van der Waals surface area (Å²) < 4.78 is 10.7. The monoisotopic (exact) mass is 300 g/mol. The molecule has 8 fully saturated rings. The molecule has 4 nitrogen and oxygen atoms in total. The number of ether oxygens (including phenoxy) is 2. The van der Waals surface area contributed by atoms with E-state index in [2.05, 4.69) is 0 Å². The molecule has 0 heterocycles. The summed E-state index contributed by atoms with van der Waals surface area (Å²) in [6.45, 7) is 0. The van der Waals surface area contributed by atoms with Crippen molar-refractivity contribution >= 4 is 11.9 Å². The Hall–Kier alpha value is -1.06. The predicted octanol–water partition coefficient (Wildman–Crippen LogP) is 1.34. The highest BCUT2D eigenvalue weighted by Gasteiger charge is 3.03. The van der Waals surface area contributed by atoms with Gasteiger partial charge in [-0.05, 0) is 72.0 Å². The second kappa shape index (κ2) is 2.76. The molecule has 8 rings (SSSR count). The highest BCUT2D eigenvalue weighted by Crippen LogP contribution is 3.01. The van der Waals surface area contributed by atoms with E-state index in [-0.39, 0.29) is 11.9 Å². The second-order valence-corrected chi connectivity index (χ2v) is 9.11. The van der Waals surface area contributed by atoms with Gasteiger partial charge in [-0.3, -0.25) is 9.59 Å². The standard InChI is InChI=1S/C18H20O4/c1-21-15(19)17-11-5-3-7(5)13-9(11)10-12(17)6-4-8(6)14(10)18(13,17)16(20)22-2/h5-14H,3-4H2,1-2H3. The molecule has 116 valence electrons. The van der Waals surface area contributed by atoms with Crippen molar-refractivity contribution in [2.45, 2.75) is 12.8 Å². The van der Waals surface area contributed by atoms with Crippen molar-refractivity contribution in [3.05, 3.63) is 0 Å². The molecule has 0 aliphatic heterocycles. The number of carbonyl (C=O) groups is 2. The van der Waals surface area contributed by atoms with Gasteiger partial charge in [0.05, 0.1) is 25.0 Å². The zero-order valence-corrected chi connectivity index (χ0v) is 12.8. The molecule has 0 spiro atoms. The third-order valence-corrected chi connectivity index (χ3v) is 9.56. The van der Waals surface area contributed by atoms with Crippen LogP contribution in [0, 0.1) is 70.0 Å². The summed E-state index contributed by atoms with van der Waals surface area (Å²) in [5.74, 6) is 5.67. The van der Waals surface area contributed by atoms with Gasteiger partial charge in [0.25, 0.3) is 0 Å². The van der Waals surface area contributed by atoms with Gasteiger partial charge in [0.2, 0.25) is 0 Å². The Labute approximate surface area is 128 Å². The molecular formula is C18H20O4. The maximum atomic E-state index is 13.1. The summed E-state index contributed by atoms with van der Waals surface area (Å²) in [6, 6.07) is 0. The lowest BCUT2D eigenvalue weighted by molar-refractivity contribution is -0.195. The highest BCUT2D eigenvalue weighted by molar-refractivity contribution is 5.95. The molecule has 8 atom stereocenters. The molecule has 0 aromatic carbocycles. The number of hydrogen-bond acceptors (Lipinski definition) is 4. The largest absolute Gasteiger partial charge is 0.469 e. The molecule has 8 aliphatic rings. The highest BCUT2D eigenvalue weighted by atomic mass is 16.5. The molecule has 8 unspecified atom stereocenters. The van der Waals surface area contributed by atoms with Gasteiger partial charge >= 0.3 is 11.9 Å². The Morgan fingerprint density at radius 1 is 0.727 bits per heavy atom. The minimum atomic E-state index is -0.505. The van der Waals surface area contributed by atoms with Crippen LogP contribution >= 0.6 is 0 Å². The van der Waals surface area contributed by atoms with Gasteiger partial charge < -0.3 is 9.47 Å². The predicted molar refractivity (Wildman–Crippen MR) is 73.0 cm³/mol. The van der Waals surface area contributed by atoms with Crippen molar-refractivity contribution in [1.82, 2.24) is 0 Å². The molecule has 4 heteroatoms. The van der Waals surface area contributed by atoms with E-state index in [0.717, 1.165) is 0 Å². The van der Waals surface area contributed by atoms with Crippen molar-refractivity contribution in [1.29, 1.82) is 0 Å². The van der Waals surface area contributed by atoms with Crippen LogP contribution in [0.3, 0.4) is 0 Å². The number of fused-ring (bicyclic) bond motifs is 2. The van der Waals surface area contributed by atoms with Crippen molar-refractivity contribution in [3.8, 4) is 0 Å². The van der Waals surface area contributed by atoms with Gasteiger partial charge in [-0.2, -0.15) is 0 Å². The summed E-state index contributed by atoms with van der Waals surface area (Å²) in [5.41, 5.74) is -1.01. The van der Waals surface area contributed by atoms with Crippen LogP contribution in [0.15, 0.2) is 0 Å². The molecule has 8 bridgehead atoms. The average molecular weight is 300 g/mol. The molecular weight excluding hydrogens is 280 g/mol. The van der Waals surface area contributed by atoms with Crippen LogP contribution in [-0.2, 0) is 19.1 Å². The summed E-state index contributed by atoms with van der Waals surface area (Å²) >= 11 is 0. The Balaban J connectivity index is 1.58. The fourth-order valence-corrected chi connectivity index (χ4v) is 10.0. The summed E-state index contributed by atoms with van der Waals surface area (Å²) in [7, 11) is 3.03. The molecule has 0 aromatic rings. The Kier molecular flexibility index (Phi) is 1.44. The van der Waals surface area contributed by atoms with E-state index in [4.69, 9.17) is 9.47 Å². The van der Waals surface area contributed by atoms with Gasteiger partial charge in [0, 0.05) is 0 Å². The maximum Gasteiger partial charge on any atom is 0.313 e. The van der Waals surface area contributed by atoms with Crippen LogP contribution in [-0.4, -0.2) is 26.2 Å². The zero-order chi connectivity index (χ0) is 14.8. The smallest absolute Gasteiger partial charge is 0.313 e. The first-order chi connectivity index (χ1) is 10.7. The van der Waals surface area contributed by atoms with Crippen molar-refractivity contribution in [3.63, 3.8) is 0 Å². The second-order valence-electron chi connectivity index (χ2n) is 9.11. The van der Waals surface area contributed by atoms with E-state index in [1.807, 2.05) is 0 Å². The number of rotatable bonds is 2. The number of carbonyl (C=O) groups excluding carboxylic acids is 2. The van der Waals surface area contributed by atoms with E-state index in [1.165, 1.54) is 27.1 Å². The number of methoxy groups -OCH3 is 2.